The van der Waals surface area contributed by atoms with Crippen molar-refractivity contribution in [2.75, 3.05) is 6.54 Å². The van der Waals surface area contributed by atoms with Crippen LogP contribution in [0.2, 0.25) is 5.15 Å². The molecule has 1 aliphatic rings. The Kier molecular flexibility index (Phi) is 4.19. The highest BCUT2D eigenvalue weighted by atomic mass is 35.5. The molecule has 124 valence electrons. The van der Waals surface area contributed by atoms with E-state index in [1.807, 2.05) is 26.8 Å². The van der Waals surface area contributed by atoms with E-state index in [0.29, 0.717) is 17.3 Å². The van der Waals surface area contributed by atoms with Crippen molar-refractivity contribution in [2.45, 2.75) is 51.7 Å². The van der Waals surface area contributed by atoms with E-state index in [4.69, 9.17) is 16.3 Å². The Bertz CT molecular complexity index is 722. The highest BCUT2D eigenvalue weighted by Gasteiger charge is 2.33. The molecule has 0 bridgehead atoms. The van der Waals surface area contributed by atoms with Gasteiger partial charge in [-0.3, -0.25) is 4.90 Å². The Morgan fingerprint density at radius 2 is 2.17 bits per heavy atom. The molecule has 2 aromatic heterocycles. The number of hydrogen-bond acceptors (Lipinski definition) is 4. The summed E-state index contributed by atoms with van der Waals surface area (Å²) in [6, 6.07) is 3.48. The van der Waals surface area contributed by atoms with Gasteiger partial charge in [0.25, 0.3) is 0 Å². The average Bonchev–Trinajstić information content (AvgIpc) is 2.91. The van der Waals surface area contributed by atoms with Crippen molar-refractivity contribution in [3.05, 3.63) is 29.2 Å². The SMILES string of the molecule is CC(C)(C)OC(=O)N1CCCCC1c1cc2nccc(Cl)n2n1. The Morgan fingerprint density at radius 1 is 1.39 bits per heavy atom. The number of hydrogen-bond donors (Lipinski definition) is 0. The van der Waals surface area contributed by atoms with Gasteiger partial charge < -0.3 is 4.74 Å². The maximum atomic E-state index is 12.5. The van der Waals surface area contributed by atoms with Crippen LogP contribution in [0, 0.1) is 0 Å². The van der Waals surface area contributed by atoms with Crippen LogP contribution in [-0.4, -0.2) is 37.7 Å². The highest BCUT2D eigenvalue weighted by Crippen LogP contribution is 2.32. The summed E-state index contributed by atoms with van der Waals surface area (Å²) in [5.41, 5.74) is 0.974. The van der Waals surface area contributed by atoms with E-state index in [2.05, 4.69) is 10.1 Å². The number of aromatic nitrogens is 3. The van der Waals surface area contributed by atoms with Gasteiger partial charge >= 0.3 is 6.09 Å². The van der Waals surface area contributed by atoms with Crippen LogP contribution in [0.25, 0.3) is 5.65 Å². The number of piperidine rings is 1. The van der Waals surface area contributed by atoms with Gasteiger partial charge in [0.15, 0.2) is 5.65 Å². The molecule has 0 aliphatic carbocycles. The van der Waals surface area contributed by atoms with E-state index >= 15 is 0 Å². The van der Waals surface area contributed by atoms with E-state index in [0.717, 1.165) is 25.0 Å². The molecule has 3 heterocycles. The van der Waals surface area contributed by atoms with Crippen LogP contribution in [0.15, 0.2) is 18.3 Å². The zero-order valence-corrected chi connectivity index (χ0v) is 14.4. The summed E-state index contributed by atoms with van der Waals surface area (Å²) in [6.45, 7) is 6.30. The smallest absolute Gasteiger partial charge is 0.410 e. The standard InChI is InChI=1S/C16H21ClN4O2/c1-16(2,3)23-15(22)20-9-5-4-6-12(20)11-10-14-18-8-7-13(17)21(14)19-11/h7-8,10,12H,4-6,9H2,1-3H3. The second-order valence-electron chi connectivity index (χ2n) is 6.79. The number of nitrogens with zero attached hydrogens (tertiary/aromatic N) is 4. The third-order valence-corrected chi connectivity index (χ3v) is 4.09. The minimum Gasteiger partial charge on any atom is -0.444 e. The van der Waals surface area contributed by atoms with Gasteiger partial charge in [0.05, 0.1) is 11.7 Å². The first-order chi connectivity index (χ1) is 10.8. The molecule has 0 spiro atoms. The van der Waals surface area contributed by atoms with Crippen LogP contribution in [0.4, 0.5) is 4.79 Å². The summed E-state index contributed by atoms with van der Waals surface area (Å²) < 4.78 is 7.13. The van der Waals surface area contributed by atoms with Crippen LogP contribution in [0.1, 0.15) is 51.8 Å². The number of carbonyl (C=O) groups is 1. The third-order valence-electron chi connectivity index (χ3n) is 3.80. The molecule has 0 saturated carbocycles. The van der Waals surface area contributed by atoms with Gasteiger partial charge in [0, 0.05) is 18.8 Å². The molecule has 0 radical (unpaired) electrons. The van der Waals surface area contributed by atoms with E-state index in [1.54, 1.807) is 21.7 Å². The van der Waals surface area contributed by atoms with Crippen molar-refractivity contribution in [1.82, 2.24) is 19.5 Å². The summed E-state index contributed by atoms with van der Waals surface area (Å²) in [4.78, 5) is 18.5. The molecule has 2 aromatic rings. The fourth-order valence-electron chi connectivity index (χ4n) is 2.82. The molecule has 6 nitrogen and oxygen atoms in total. The quantitative estimate of drug-likeness (QED) is 0.742. The van der Waals surface area contributed by atoms with Gasteiger partial charge in [0.2, 0.25) is 0 Å². The van der Waals surface area contributed by atoms with E-state index in [1.165, 1.54) is 0 Å². The molecular formula is C16H21ClN4O2. The minimum atomic E-state index is -0.511. The van der Waals surface area contributed by atoms with E-state index in [-0.39, 0.29) is 12.1 Å². The number of halogens is 1. The fraction of sp³-hybridized carbons (Fsp3) is 0.562. The van der Waals surface area contributed by atoms with Gasteiger partial charge in [-0.15, -0.1) is 0 Å². The Hall–Kier alpha value is -1.82. The summed E-state index contributed by atoms with van der Waals surface area (Å²) >= 11 is 6.15. The first-order valence-electron chi connectivity index (χ1n) is 7.85. The molecule has 1 amide bonds. The Morgan fingerprint density at radius 3 is 2.87 bits per heavy atom. The van der Waals surface area contributed by atoms with Gasteiger partial charge in [-0.05, 0) is 46.1 Å². The first kappa shape index (κ1) is 16.1. The van der Waals surface area contributed by atoms with Crippen molar-refractivity contribution < 1.29 is 9.53 Å². The molecule has 1 aliphatic heterocycles. The predicted octanol–water partition coefficient (Wildman–Crippen LogP) is 3.84. The number of likely N-dealkylation sites (tertiary alicyclic amines) is 1. The fourth-order valence-corrected chi connectivity index (χ4v) is 3.01. The number of carbonyl (C=O) groups excluding carboxylic acids is 1. The number of amides is 1. The molecule has 7 heteroatoms. The van der Waals surface area contributed by atoms with Crippen molar-refractivity contribution in [2.24, 2.45) is 0 Å². The van der Waals surface area contributed by atoms with Crippen molar-refractivity contribution in [3.8, 4) is 0 Å². The number of ether oxygens (including phenoxy) is 1. The lowest BCUT2D eigenvalue weighted by molar-refractivity contribution is 0.00898. The summed E-state index contributed by atoms with van der Waals surface area (Å²) in [6.07, 6.45) is 4.25. The molecule has 23 heavy (non-hydrogen) atoms. The summed E-state index contributed by atoms with van der Waals surface area (Å²) in [5.74, 6) is 0. The van der Waals surface area contributed by atoms with E-state index in [9.17, 15) is 4.79 Å². The first-order valence-corrected chi connectivity index (χ1v) is 8.23. The van der Waals surface area contributed by atoms with Crippen LogP contribution < -0.4 is 0 Å². The van der Waals surface area contributed by atoms with Crippen molar-refractivity contribution in [3.63, 3.8) is 0 Å². The molecule has 0 N–H and O–H groups in total. The number of rotatable bonds is 1. The Balaban J connectivity index is 1.91. The zero-order chi connectivity index (χ0) is 16.6. The van der Waals surface area contributed by atoms with Gasteiger partial charge in [-0.1, -0.05) is 11.6 Å². The van der Waals surface area contributed by atoms with Gasteiger partial charge in [-0.25, -0.2) is 14.3 Å². The average molecular weight is 337 g/mol. The molecule has 1 fully saturated rings. The summed E-state index contributed by atoms with van der Waals surface area (Å²) in [7, 11) is 0. The van der Waals surface area contributed by atoms with Gasteiger partial charge in [-0.2, -0.15) is 5.10 Å². The van der Waals surface area contributed by atoms with Crippen LogP contribution >= 0.6 is 11.6 Å². The van der Waals surface area contributed by atoms with Gasteiger partial charge in [0.1, 0.15) is 10.8 Å². The highest BCUT2D eigenvalue weighted by molar-refractivity contribution is 6.29. The normalized spacial score (nSPS) is 19.1. The maximum absolute atomic E-state index is 12.5. The van der Waals surface area contributed by atoms with E-state index < -0.39 is 5.60 Å². The zero-order valence-electron chi connectivity index (χ0n) is 13.6. The minimum absolute atomic E-state index is 0.101. The van der Waals surface area contributed by atoms with Crippen LogP contribution in [-0.2, 0) is 4.74 Å². The van der Waals surface area contributed by atoms with Crippen LogP contribution in [0.5, 0.6) is 0 Å². The predicted molar refractivity (Wildman–Crippen MR) is 87.5 cm³/mol. The topological polar surface area (TPSA) is 59.7 Å². The molecule has 0 aromatic carbocycles. The maximum Gasteiger partial charge on any atom is 0.410 e. The molecule has 3 rings (SSSR count). The molecule has 1 saturated heterocycles. The second-order valence-corrected chi connectivity index (χ2v) is 7.18. The van der Waals surface area contributed by atoms with Crippen LogP contribution in [0.3, 0.4) is 0 Å². The lowest BCUT2D eigenvalue weighted by Gasteiger charge is -2.35. The summed E-state index contributed by atoms with van der Waals surface area (Å²) in [5, 5.41) is 5.04. The largest absolute Gasteiger partial charge is 0.444 e. The second kappa shape index (κ2) is 6.00. The Labute approximate surface area is 140 Å². The van der Waals surface area contributed by atoms with Crippen molar-refractivity contribution in [1.29, 1.82) is 0 Å². The van der Waals surface area contributed by atoms with Crippen molar-refractivity contribution >= 4 is 23.3 Å². The lowest BCUT2D eigenvalue weighted by Crippen LogP contribution is -2.42. The number of fused-ring (bicyclic) bond motifs is 1. The lowest BCUT2D eigenvalue weighted by atomic mass is 10.00. The third kappa shape index (κ3) is 3.42. The monoisotopic (exact) mass is 336 g/mol. The molecule has 1 unspecified atom stereocenters. The molecular weight excluding hydrogens is 316 g/mol. The molecule has 1 atom stereocenters.